The van der Waals surface area contributed by atoms with Gasteiger partial charge in [-0.2, -0.15) is 0 Å². The van der Waals surface area contributed by atoms with Crippen LogP contribution in [0.2, 0.25) is 0 Å². The number of hydrogen-bond donors (Lipinski definition) is 1. The lowest BCUT2D eigenvalue weighted by Gasteiger charge is -2.33. The lowest BCUT2D eigenvalue weighted by Crippen LogP contribution is -2.40. The van der Waals surface area contributed by atoms with Crippen LogP contribution >= 0.6 is 11.3 Å². The van der Waals surface area contributed by atoms with Crippen LogP contribution in [0.4, 0.5) is 10.5 Å². The number of urea groups is 1. The number of rotatable bonds is 1. The summed E-state index contributed by atoms with van der Waals surface area (Å²) in [6.45, 7) is 4.91. The SMILES string of the molecule is Cc1cccc(NC(=O)N2CCc3sccc3[C@H]2C)c1. The van der Waals surface area contributed by atoms with Crippen molar-refractivity contribution < 1.29 is 4.79 Å². The first-order valence-corrected chi connectivity index (χ1v) is 7.73. The van der Waals surface area contributed by atoms with Gasteiger partial charge >= 0.3 is 6.03 Å². The number of nitrogens with zero attached hydrogens (tertiary/aromatic N) is 1. The highest BCUT2D eigenvalue weighted by atomic mass is 32.1. The molecule has 0 radical (unpaired) electrons. The number of hydrogen-bond acceptors (Lipinski definition) is 2. The number of nitrogens with one attached hydrogen (secondary N) is 1. The van der Waals surface area contributed by atoms with Crippen LogP contribution in [0.15, 0.2) is 35.7 Å². The van der Waals surface area contributed by atoms with Crippen LogP contribution in [0.1, 0.15) is 29.0 Å². The standard InChI is InChI=1S/C16H18N2OS/c1-11-4-3-5-13(10-11)17-16(19)18-8-6-15-14(12(18)2)7-9-20-15/h3-5,7,9-10,12H,6,8H2,1-2H3,(H,17,19)/t12-/m1/s1. The van der Waals surface area contributed by atoms with Gasteiger partial charge in [-0.1, -0.05) is 12.1 Å². The van der Waals surface area contributed by atoms with Crippen molar-refractivity contribution in [1.82, 2.24) is 4.90 Å². The van der Waals surface area contributed by atoms with E-state index >= 15 is 0 Å². The molecule has 3 rings (SSSR count). The van der Waals surface area contributed by atoms with Crippen LogP contribution in [0.5, 0.6) is 0 Å². The molecule has 0 spiro atoms. The number of anilines is 1. The number of amides is 2. The van der Waals surface area contributed by atoms with Gasteiger partial charge in [0, 0.05) is 17.1 Å². The molecule has 0 fully saturated rings. The molecule has 1 aliphatic rings. The maximum Gasteiger partial charge on any atom is 0.322 e. The van der Waals surface area contributed by atoms with Gasteiger partial charge < -0.3 is 10.2 Å². The van der Waals surface area contributed by atoms with E-state index < -0.39 is 0 Å². The quantitative estimate of drug-likeness (QED) is 0.837. The normalized spacial score (nSPS) is 17.7. The minimum absolute atomic E-state index is 0.0139. The van der Waals surface area contributed by atoms with E-state index in [2.05, 4.69) is 23.7 Å². The topological polar surface area (TPSA) is 32.3 Å². The third kappa shape index (κ3) is 2.43. The summed E-state index contributed by atoms with van der Waals surface area (Å²) in [5.41, 5.74) is 3.30. The molecule has 1 aromatic carbocycles. The van der Waals surface area contributed by atoms with Crippen molar-refractivity contribution >= 4 is 23.1 Å². The van der Waals surface area contributed by atoms with Gasteiger partial charge in [0.1, 0.15) is 0 Å². The fourth-order valence-corrected chi connectivity index (χ4v) is 3.67. The van der Waals surface area contributed by atoms with Gasteiger partial charge in [-0.25, -0.2) is 4.79 Å². The van der Waals surface area contributed by atoms with Crippen LogP contribution in [0, 0.1) is 6.92 Å². The van der Waals surface area contributed by atoms with Crippen molar-refractivity contribution in [1.29, 1.82) is 0 Å². The van der Waals surface area contributed by atoms with Gasteiger partial charge in [0.2, 0.25) is 0 Å². The number of thiophene rings is 1. The summed E-state index contributed by atoms with van der Waals surface area (Å²) >= 11 is 1.79. The van der Waals surface area contributed by atoms with Crippen LogP contribution in [0.25, 0.3) is 0 Å². The van der Waals surface area contributed by atoms with Gasteiger partial charge in [-0.3, -0.25) is 0 Å². The van der Waals surface area contributed by atoms with Crippen molar-refractivity contribution in [3.05, 3.63) is 51.7 Å². The zero-order chi connectivity index (χ0) is 14.1. The maximum atomic E-state index is 12.4. The lowest BCUT2D eigenvalue weighted by atomic mass is 10.0. The molecule has 2 heterocycles. The molecule has 104 valence electrons. The number of carbonyl (C=O) groups excluding carboxylic acids is 1. The summed E-state index contributed by atoms with van der Waals surface area (Å²) in [5, 5.41) is 5.11. The summed E-state index contributed by atoms with van der Waals surface area (Å²) in [7, 11) is 0. The third-order valence-electron chi connectivity index (χ3n) is 3.81. The van der Waals surface area contributed by atoms with Crippen molar-refractivity contribution in [3.63, 3.8) is 0 Å². The Morgan fingerprint density at radius 1 is 1.40 bits per heavy atom. The van der Waals surface area contributed by atoms with Crippen molar-refractivity contribution in [2.75, 3.05) is 11.9 Å². The molecule has 2 aromatic rings. The Hall–Kier alpha value is -1.81. The van der Waals surface area contributed by atoms with E-state index in [9.17, 15) is 4.79 Å². The van der Waals surface area contributed by atoms with E-state index in [1.165, 1.54) is 10.4 Å². The van der Waals surface area contributed by atoms with E-state index in [-0.39, 0.29) is 12.1 Å². The van der Waals surface area contributed by atoms with Crippen LogP contribution in [0.3, 0.4) is 0 Å². The fraction of sp³-hybridized carbons (Fsp3) is 0.312. The van der Waals surface area contributed by atoms with Crippen LogP contribution in [-0.2, 0) is 6.42 Å². The zero-order valence-electron chi connectivity index (χ0n) is 11.7. The molecule has 1 aliphatic heterocycles. The molecule has 2 amide bonds. The molecule has 4 heteroatoms. The van der Waals surface area contributed by atoms with Gasteiger partial charge in [-0.05, 0) is 55.0 Å². The lowest BCUT2D eigenvalue weighted by molar-refractivity contribution is 0.189. The second-order valence-electron chi connectivity index (χ2n) is 5.22. The summed E-state index contributed by atoms with van der Waals surface area (Å²) in [4.78, 5) is 15.8. The number of carbonyl (C=O) groups is 1. The molecule has 20 heavy (non-hydrogen) atoms. The van der Waals surface area contributed by atoms with E-state index in [1.54, 1.807) is 11.3 Å². The van der Waals surface area contributed by atoms with Gasteiger partial charge in [0.15, 0.2) is 0 Å². The Labute approximate surface area is 123 Å². The highest BCUT2D eigenvalue weighted by Crippen LogP contribution is 2.33. The number of fused-ring (bicyclic) bond motifs is 1. The summed E-state index contributed by atoms with van der Waals surface area (Å²) in [6, 6.07) is 10.2. The largest absolute Gasteiger partial charge is 0.322 e. The molecule has 0 unspecified atom stereocenters. The maximum absolute atomic E-state index is 12.4. The highest BCUT2D eigenvalue weighted by Gasteiger charge is 2.28. The molecule has 0 bridgehead atoms. The molecular weight excluding hydrogens is 268 g/mol. The smallest absolute Gasteiger partial charge is 0.317 e. The average Bonchev–Trinajstić information content (AvgIpc) is 2.88. The van der Waals surface area contributed by atoms with E-state index in [1.807, 2.05) is 36.1 Å². The predicted molar refractivity (Wildman–Crippen MR) is 83.3 cm³/mol. The molecule has 0 saturated carbocycles. The second kappa shape index (κ2) is 5.29. The van der Waals surface area contributed by atoms with Crippen molar-refractivity contribution in [3.8, 4) is 0 Å². The van der Waals surface area contributed by atoms with Crippen LogP contribution in [-0.4, -0.2) is 17.5 Å². The van der Waals surface area contributed by atoms with Gasteiger partial charge in [0.05, 0.1) is 6.04 Å². The molecule has 0 aliphatic carbocycles. The van der Waals surface area contributed by atoms with E-state index in [0.29, 0.717) is 0 Å². The van der Waals surface area contributed by atoms with E-state index in [0.717, 1.165) is 24.2 Å². The highest BCUT2D eigenvalue weighted by molar-refractivity contribution is 7.10. The van der Waals surface area contributed by atoms with Gasteiger partial charge in [-0.15, -0.1) is 11.3 Å². The molecule has 0 saturated heterocycles. The molecule has 3 nitrogen and oxygen atoms in total. The second-order valence-corrected chi connectivity index (χ2v) is 6.22. The van der Waals surface area contributed by atoms with Crippen molar-refractivity contribution in [2.45, 2.75) is 26.3 Å². The molecule has 1 atom stereocenters. The number of benzene rings is 1. The Bertz CT molecular complexity index is 635. The monoisotopic (exact) mass is 286 g/mol. The molecule has 1 aromatic heterocycles. The Morgan fingerprint density at radius 2 is 2.25 bits per heavy atom. The minimum Gasteiger partial charge on any atom is -0.317 e. The van der Waals surface area contributed by atoms with Crippen LogP contribution < -0.4 is 5.32 Å². The summed E-state index contributed by atoms with van der Waals surface area (Å²) < 4.78 is 0. The Balaban J connectivity index is 1.75. The first kappa shape index (κ1) is 13.2. The Morgan fingerprint density at radius 3 is 3.05 bits per heavy atom. The summed E-state index contributed by atoms with van der Waals surface area (Å²) in [6.07, 6.45) is 0.957. The zero-order valence-corrected chi connectivity index (χ0v) is 12.5. The predicted octanol–water partition coefficient (Wildman–Crippen LogP) is 4.21. The molecule has 1 N–H and O–H groups in total. The van der Waals surface area contributed by atoms with E-state index in [4.69, 9.17) is 0 Å². The molecular formula is C16H18N2OS. The average molecular weight is 286 g/mol. The first-order valence-electron chi connectivity index (χ1n) is 6.85. The number of aryl methyl sites for hydroxylation is 1. The first-order chi connectivity index (χ1) is 9.65. The third-order valence-corrected chi connectivity index (χ3v) is 4.80. The minimum atomic E-state index is -0.0139. The van der Waals surface area contributed by atoms with Gasteiger partial charge in [0.25, 0.3) is 0 Å². The van der Waals surface area contributed by atoms with Crippen molar-refractivity contribution in [2.24, 2.45) is 0 Å². The summed E-state index contributed by atoms with van der Waals surface area (Å²) in [5.74, 6) is 0. The fourth-order valence-electron chi connectivity index (χ4n) is 2.71. The Kier molecular flexibility index (Phi) is 3.49.